The number of aryl methyl sites for hydroxylation is 1. The number of hydrogen-bond acceptors (Lipinski definition) is 3. The molecule has 0 bridgehead atoms. The predicted octanol–water partition coefficient (Wildman–Crippen LogP) is 3.72. The maximum absolute atomic E-state index is 12.0. The first-order valence-corrected chi connectivity index (χ1v) is 7.26. The van der Waals surface area contributed by atoms with E-state index in [1.54, 1.807) is 18.3 Å². The van der Waals surface area contributed by atoms with Crippen LogP contribution in [0.1, 0.15) is 15.9 Å². The third-order valence-electron chi connectivity index (χ3n) is 2.49. The molecule has 1 aromatic heterocycles. The molecular weight excluding hydrogens is 423 g/mol. The Balaban J connectivity index is 2.23. The van der Waals surface area contributed by atoms with Gasteiger partial charge < -0.3 is 10.4 Å². The van der Waals surface area contributed by atoms with Crippen molar-refractivity contribution in [2.45, 2.75) is 6.92 Å². The van der Waals surface area contributed by atoms with Crippen LogP contribution in [0.2, 0.25) is 0 Å². The Kier molecular flexibility index (Phi) is 4.41. The summed E-state index contributed by atoms with van der Waals surface area (Å²) in [6.45, 7) is 1.86. The third-order valence-corrected chi connectivity index (χ3v) is 3.83. The zero-order chi connectivity index (χ0) is 14.0. The number of phenols is 1. The number of anilines is 1. The molecule has 19 heavy (non-hydrogen) atoms. The summed E-state index contributed by atoms with van der Waals surface area (Å²) >= 11 is 5.31. The van der Waals surface area contributed by atoms with Crippen LogP contribution in [-0.4, -0.2) is 16.0 Å². The number of aromatic nitrogens is 1. The second-order valence-corrected chi connectivity index (χ2v) is 6.02. The number of nitrogens with one attached hydrogen (secondary N) is 1. The minimum Gasteiger partial charge on any atom is -0.507 e. The van der Waals surface area contributed by atoms with Crippen LogP contribution in [-0.2, 0) is 0 Å². The lowest BCUT2D eigenvalue weighted by molar-refractivity contribution is 0.102. The molecule has 0 aliphatic carbocycles. The number of aromatic hydroxyl groups is 1. The van der Waals surface area contributed by atoms with Crippen molar-refractivity contribution in [3.63, 3.8) is 0 Å². The molecule has 0 atom stereocenters. The molecule has 2 aromatic rings. The Labute approximate surface area is 132 Å². The van der Waals surface area contributed by atoms with Crippen LogP contribution in [0.15, 0.2) is 34.9 Å². The number of carbonyl (C=O) groups is 1. The highest BCUT2D eigenvalue weighted by molar-refractivity contribution is 14.1. The summed E-state index contributed by atoms with van der Waals surface area (Å²) in [4.78, 5) is 16.2. The highest BCUT2D eigenvalue weighted by Gasteiger charge is 2.10. The van der Waals surface area contributed by atoms with Gasteiger partial charge in [-0.2, -0.15) is 0 Å². The van der Waals surface area contributed by atoms with Gasteiger partial charge in [0.1, 0.15) is 11.6 Å². The monoisotopic (exact) mass is 432 g/mol. The fraction of sp³-hybridized carbons (Fsp3) is 0.0769. The van der Waals surface area contributed by atoms with Gasteiger partial charge in [-0.05, 0) is 75.3 Å². The topological polar surface area (TPSA) is 62.2 Å². The van der Waals surface area contributed by atoms with E-state index in [1.807, 2.05) is 35.6 Å². The van der Waals surface area contributed by atoms with Crippen molar-refractivity contribution >= 4 is 50.2 Å². The predicted molar refractivity (Wildman–Crippen MR) is 85.5 cm³/mol. The molecule has 1 aromatic carbocycles. The van der Waals surface area contributed by atoms with Crippen LogP contribution in [0.3, 0.4) is 0 Å². The highest BCUT2D eigenvalue weighted by Crippen LogP contribution is 2.22. The Hall–Kier alpha value is -1.15. The van der Waals surface area contributed by atoms with E-state index in [-0.39, 0.29) is 11.7 Å². The Morgan fingerprint density at radius 1 is 1.42 bits per heavy atom. The number of benzene rings is 1. The number of rotatable bonds is 2. The molecule has 0 aliphatic rings. The van der Waals surface area contributed by atoms with Gasteiger partial charge in [0.2, 0.25) is 0 Å². The molecule has 0 aliphatic heterocycles. The molecule has 6 heteroatoms. The van der Waals surface area contributed by atoms with Crippen molar-refractivity contribution < 1.29 is 9.90 Å². The van der Waals surface area contributed by atoms with Gasteiger partial charge in [0.05, 0.1) is 3.57 Å². The maximum atomic E-state index is 12.0. The van der Waals surface area contributed by atoms with E-state index < -0.39 is 0 Å². The van der Waals surface area contributed by atoms with E-state index >= 15 is 0 Å². The first kappa shape index (κ1) is 14.3. The summed E-state index contributed by atoms with van der Waals surface area (Å²) in [5.74, 6) is 0.296. The fourth-order valence-electron chi connectivity index (χ4n) is 1.50. The maximum Gasteiger partial charge on any atom is 0.256 e. The number of carbonyl (C=O) groups excluding carboxylic acids is 1. The SMILES string of the molecule is Cc1cc(Br)cnc1NC(=O)c1ccc(I)c(O)c1. The fourth-order valence-corrected chi connectivity index (χ4v) is 2.29. The van der Waals surface area contributed by atoms with E-state index in [1.165, 1.54) is 6.07 Å². The Morgan fingerprint density at radius 3 is 2.79 bits per heavy atom. The number of pyridine rings is 1. The van der Waals surface area contributed by atoms with Gasteiger partial charge in [-0.1, -0.05) is 0 Å². The van der Waals surface area contributed by atoms with Gasteiger partial charge in [-0.3, -0.25) is 4.79 Å². The van der Waals surface area contributed by atoms with Crippen molar-refractivity contribution in [2.24, 2.45) is 0 Å². The largest absolute Gasteiger partial charge is 0.507 e. The number of halogens is 2. The zero-order valence-corrected chi connectivity index (χ0v) is 13.7. The molecule has 4 nitrogen and oxygen atoms in total. The molecule has 2 N–H and O–H groups in total. The molecule has 1 heterocycles. The second kappa shape index (κ2) is 5.87. The average Bonchev–Trinajstić information content (AvgIpc) is 2.36. The van der Waals surface area contributed by atoms with Crippen LogP contribution >= 0.6 is 38.5 Å². The minimum absolute atomic E-state index is 0.0914. The summed E-state index contributed by atoms with van der Waals surface area (Å²) in [6, 6.07) is 6.65. The van der Waals surface area contributed by atoms with Gasteiger partial charge >= 0.3 is 0 Å². The molecule has 0 saturated heterocycles. The van der Waals surface area contributed by atoms with Crippen molar-refractivity contribution in [3.05, 3.63) is 49.6 Å². The van der Waals surface area contributed by atoms with E-state index in [9.17, 15) is 9.90 Å². The van der Waals surface area contributed by atoms with Crippen LogP contribution in [0.25, 0.3) is 0 Å². The normalized spacial score (nSPS) is 10.3. The molecule has 2 rings (SSSR count). The molecular formula is C13H10BrIN2O2. The molecule has 0 spiro atoms. The van der Waals surface area contributed by atoms with Gasteiger partial charge in [0.25, 0.3) is 5.91 Å². The lowest BCUT2D eigenvalue weighted by Gasteiger charge is -2.08. The van der Waals surface area contributed by atoms with Crippen molar-refractivity contribution in [1.82, 2.24) is 4.98 Å². The third kappa shape index (κ3) is 3.44. The van der Waals surface area contributed by atoms with Crippen molar-refractivity contribution in [1.29, 1.82) is 0 Å². The summed E-state index contributed by atoms with van der Waals surface area (Å²) < 4.78 is 1.56. The molecule has 0 saturated carbocycles. The smallest absolute Gasteiger partial charge is 0.256 e. The molecule has 1 amide bonds. The number of nitrogens with zero attached hydrogens (tertiary/aromatic N) is 1. The Bertz CT molecular complexity index is 647. The summed E-state index contributed by atoms with van der Waals surface area (Å²) in [5, 5.41) is 12.3. The van der Waals surface area contributed by atoms with E-state index in [0.717, 1.165) is 10.0 Å². The molecule has 0 unspecified atom stereocenters. The van der Waals surface area contributed by atoms with E-state index in [0.29, 0.717) is 15.0 Å². The Morgan fingerprint density at radius 2 is 2.16 bits per heavy atom. The standard InChI is InChI=1S/C13H10BrIN2O2/c1-7-4-9(14)6-16-12(7)17-13(19)8-2-3-10(15)11(18)5-8/h2-6,18H,1H3,(H,16,17,19). The van der Waals surface area contributed by atoms with Gasteiger partial charge in [0.15, 0.2) is 0 Å². The van der Waals surface area contributed by atoms with Gasteiger partial charge in [-0.25, -0.2) is 4.98 Å². The van der Waals surface area contributed by atoms with E-state index in [2.05, 4.69) is 26.2 Å². The zero-order valence-electron chi connectivity index (χ0n) is 9.95. The summed E-state index contributed by atoms with van der Waals surface area (Å²) in [5.41, 5.74) is 1.25. The first-order chi connectivity index (χ1) is 8.97. The average molecular weight is 433 g/mol. The number of amides is 1. The minimum atomic E-state index is -0.301. The van der Waals surface area contributed by atoms with Crippen LogP contribution < -0.4 is 5.32 Å². The van der Waals surface area contributed by atoms with Crippen LogP contribution in [0.5, 0.6) is 5.75 Å². The van der Waals surface area contributed by atoms with Crippen LogP contribution in [0, 0.1) is 10.5 Å². The van der Waals surface area contributed by atoms with Crippen molar-refractivity contribution in [3.8, 4) is 5.75 Å². The molecule has 98 valence electrons. The lowest BCUT2D eigenvalue weighted by atomic mass is 10.2. The van der Waals surface area contributed by atoms with Gasteiger partial charge in [0, 0.05) is 16.2 Å². The number of hydrogen-bond donors (Lipinski definition) is 2. The highest BCUT2D eigenvalue weighted by atomic mass is 127. The van der Waals surface area contributed by atoms with Gasteiger partial charge in [-0.15, -0.1) is 0 Å². The number of phenolic OH excluding ortho intramolecular Hbond substituents is 1. The van der Waals surface area contributed by atoms with Crippen molar-refractivity contribution in [2.75, 3.05) is 5.32 Å². The van der Waals surface area contributed by atoms with E-state index in [4.69, 9.17) is 0 Å². The summed E-state index contributed by atoms with van der Waals surface area (Å²) in [7, 11) is 0. The lowest BCUT2D eigenvalue weighted by Crippen LogP contribution is -2.13. The summed E-state index contributed by atoms with van der Waals surface area (Å²) in [6.07, 6.45) is 1.62. The molecule has 0 fully saturated rings. The first-order valence-electron chi connectivity index (χ1n) is 5.39. The van der Waals surface area contributed by atoms with Crippen LogP contribution in [0.4, 0.5) is 5.82 Å². The molecule has 0 radical (unpaired) electrons. The second-order valence-electron chi connectivity index (χ2n) is 3.94. The quantitative estimate of drug-likeness (QED) is 0.711.